The van der Waals surface area contributed by atoms with Gasteiger partial charge in [-0.15, -0.1) is 0 Å². The smallest absolute Gasteiger partial charge is 0.162 e. The van der Waals surface area contributed by atoms with Crippen LogP contribution in [0.3, 0.4) is 0 Å². The topological polar surface area (TPSA) is 17.1 Å². The number of ketones is 1. The van der Waals surface area contributed by atoms with Gasteiger partial charge in [-0.3, -0.25) is 4.79 Å². The van der Waals surface area contributed by atoms with Gasteiger partial charge in [0.2, 0.25) is 0 Å². The van der Waals surface area contributed by atoms with Crippen molar-refractivity contribution in [3.05, 3.63) is 34.9 Å². The molecule has 0 saturated carbocycles. The molecule has 1 nitrogen and oxygen atoms in total. The van der Waals surface area contributed by atoms with Crippen molar-refractivity contribution >= 4 is 5.78 Å². The SMILES string of the molecule is CCCCCCC(=O)c1cc(C)cc(C)c1. The second-order valence-electron chi connectivity index (χ2n) is 4.61. The average Bonchev–Trinajstić information content (AvgIpc) is 2.22. The number of Topliss-reactive ketones (excluding diaryl/α,β-unsaturated/α-hetero) is 1. The van der Waals surface area contributed by atoms with Crippen LogP contribution in [-0.2, 0) is 0 Å². The van der Waals surface area contributed by atoms with Crippen LogP contribution in [0.4, 0.5) is 0 Å². The first kappa shape index (κ1) is 13.0. The molecule has 16 heavy (non-hydrogen) atoms. The summed E-state index contributed by atoms with van der Waals surface area (Å²) in [6, 6.07) is 6.10. The average molecular weight is 218 g/mol. The molecule has 0 aliphatic heterocycles. The lowest BCUT2D eigenvalue weighted by Crippen LogP contribution is -2.00. The standard InChI is InChI=1S/C15H22O/c1-4-5-6-7-8-15(16)14-10-12(2)9-13(3)11-14/h9-11H,4-8H2,1-3H3. The molecule has 0 spiro atoms. The van der Waals surface area contributed by atoms with Crippen molar-refractivity contribution in [1.29, 1.82) is 0 Å². The predicted octanol–water partition coefficient (Wildman–Crippen LogP) is 4.46. The van der Waals surface area contributed by atoms with Crippen LogP contribution in [0.1, 0.15) is 60.5 Å². The molecule has 1 heteroatoms. The molecule has 0 aliphatic rings. The van der Waals surface area contributed by atoms with Crippen molar-refractivity contribution in [3.63, 3.8) is 0 Å². The second-order valence-corrected chi connectivity index (χ2v) is 4.61. The predicted molar refractivity (Wildman–Crippen MR) is 69.0 cm³/mol. The van der Waals surface area contributed by atoms with E-state index in [9.17, 15) is 4.79 Å². The normalized spacial score (nSPS) is 10.4. The molecule has 0 aromatic heterocycles. The van der Waals surface area contributed by atoms with E-state index in [-0.39, 0.29) is 0 Å². The monoisotopic (exact) mass is 218 g/mol. The Balaban J connectivity index is 2.52. The Hall–Kier alpha value is -1.11. The molecule has 88 valence electrons. The van der Waals surface area contributed by atoms with E-state index in [2.05, 4.69) is 13.0 Å². The maximum atomic E-state index is 11.9. The first-order valence-corrected chi connectivity index (χ1v) is 6.25. The highest BCUT2D eigenvalue weighted by Crippen LogP contribution is 2.13. The molecule has 1 aromatic carbocycles. The van der Waals surface area contributed by atoms with E-state index < -0.39 is 0 Å². The lowest BCUT2D eigenvalue weighted by molar-refractivity contribution is 0.0979. The maximum Gasteiger partial charge on any atom is 0.162 e. The molecule has 0 bridgehead atoms. The van der Waals surface area contributed by atoms with Crippen molar-refractivity contribution in [3.8, 4) is 0 Å². The molecule has 1 aromatic rings. The van der Waals surface area contributed by atoms with E-state index in [0.717, 1.165) is 12.0 Å². The van der Waals surface area contributed by atoms with Crippen molar-refractivity contribution in [2.45, 2.75) is 52.9 Å². The van der Waals surface area contributed by atoms with Crippen molar-refractivity contribution < 1.29 is 4.79 Å². The number of benzene rings is 1. The molecule has 0 saturated heterocycles. The summed E-state index contributed by atoms with van der Waals surface area (Å²) in [5, 5.41) is 0. The summed E-state index contributed by atoms with van der Waals surface area (Å²) >= 11 is 0. The lowest BCUT2D eigenvalue weighted by atomic mass is 10.0. The Labute approximate surface area is 98.9 Å². The quantitative estimate of drug-likeness (QED) is 0.509. The summed E-state index contributed by atoms with van der Waals surface area (Å²) in [6.45, 7) is 6.27. The van der Waals surface area contributed by atoms with E-state index in [0.29, 0.717) is 12.2 Å². The van der Waals surface area contributed by atoms with Crippen LogP contribution >= 0.6 is 0 Å². The van der Waals surface area contributed by atoms with E-state index in [1.54, 1.807) is 0 Å². The van der Waals surface area contributed by atoms with Gasteiger partial charge in [-0.25, -0.2) is 0 Å². The number of hydrogen-bond acceptors (Lipinski definition) is 1. The van der Waals surface area contributed by atoms with E-state index in [1.165, 1.54) is 30.4 Å². The first-order chi connectivity index (χ1) is 7.63. The molecule has 1 rings (SSSR count). The zero-order chi connectivity index (χ0) is 12.0. The van der Waals surface area contributed by atoms with Gasteiger partial charge in [0.25, 0.3) is 0 Å². The third-order valence-electron chi connectivity index (χ3n) is 2.80. The third kappa shape index (κ3) is 4.18. The van der Waals surface area contributed by atoms with Gasteiger partial charge in [0.05, 0.1) is 0 Å². The highest BCUT2D eigenvalue weighted by atomic mass is 16.1. The van der Waals surface area contributed by atoms with Gasteiger partial charge >= 0.3 is 0 Å². The Kier molecular flexibility index (Phi) is 5.24. The fourth-order valence-corrected chi connectivity index (χ4v) is 1.99. The molecule has 0 unspecified atom stereocenters. The largest absolute Gasteiger partial charge is 0.294 e. The fourth-order valence-electron chi connectivity index (χ4n) is 1.99. The van der Waals surface area contributed by atoms with E-state index in [4.69, 9.17) is 0 Å². The molecule has 0 heterocycles. The summed E-state index contributed by atoms with van der Waals surface area (Å²) in [5.41, 5.74) is 3.24. The van der Waals surface area contributed by atoms with Crippen LogP contribution in [0.25, 0.3) is 0 Å². The second kappa shape index (κ2) is 6.47. The van der Waals surface area contributed by atoms with Gasteiger partial charge in [-0.1, -0.05) is 43.4 Å². The third-order valence-corrected chi connectivity index (χ3v) is 2.80. The van der Waals surface area contributed by atoms with Gasteiger partial charge in [0, 0.05) is 12.0 Å². The zero-order valence-electron chi connectivity index (χ0n) is 10.7. The van der Waals surface area contributed by atoms with Crippen LogP contribution in [-0.4, -0.2) is 5.78 Å². The highest BCUT2D eigenvalue weighted by Gasteiger charge is 2.06. The number of carbonyl (C=O) groups is 1. The molecule has 0 radical (unpaired) electrons. The minimum absolute atomic E-state index is 0.294. The number of carbonyl (C=O) groups excluding carboxylic acids is 1. The minimum Gasteiger partial charge on any atom is -0.294 e. The molecular weight excluding hydrogens is 196 g/mol. The van der Waals surface area contributed by atoms with E-state index in [1.807, 2.05) is 26.0 Å². The van der Waals surface area contributed by atoms with E-state index >= 15 is 0 Å². The summed E-state index contributed by atoms with van der Waals surface area (Å²) in [7, 11) is 0. The summed E-state index contributed by atoms with van der Waals surface area (Å²) in [5.74, 6) is 0.294. The van der Waals surface area contributed by atoms with Crippen LogP contribution in [0, 0.1) is 13.8 Å². The zero-order valence-corrected chi connectivity index (χ0v) is 10.7. The van der Waals surface area contributed by atoms with Crippen LogP contribution in [0.5, 0.6) is 0 Å². The number of aryl methyl sites for hydroxylation is 2. The highest BCUT2D eigenvalue weighted by molar-refractivity contribution is 5.96. The number of rotatable bonds is 6. The molecule has 0 aliphatic carbocycles. The van der Waals surface area contributed by atoms with Crippen molar-refractivity contribution in [2.75, 3.05) is 0 Å². The maximum absolute atomic E-state index is 11.9. The van der Waals surface area contributed by atoms with Crippen molar-refractivity contribution in [1.82, 2.24) is 0 Å². The van der Waals surface area contributed by atoms with Gasteiger partial charge in [0.15, 0.2) is 5.78 Å². The summed E-state index contributed by atoms with van der Waals surface area (Å²) in [4.78, 5) is 11.9. The number of hydrogen-bond donors (Lipinski definition) is 0. The first-order valence-electron chi connectivity index (χ1n) is 6.25. The summed E-state index contributed by atoms with van der Waals surface area (Å²) in [6.07, 6.45) is 5.35. The van der Waals surface area contributed by atoms with Gasteiger partial charge in [-0.05, 0) is 32.4 Å². The lowest BCUT2D eigenvalue weighted by Gasteiger charge is -2.04. The minimum atomic E-state index is 0.294. The van der Waals surface area contributed by atoms with Gasteiger partial charge in [-0.2, -0.15) is 0 Å². The Morgan fingerprint density at radius 2 is 1.62 bits per heavy atom. The van der Waals surface area contributed by atoms with Gasteiger partial charge in [0.1, 0.15) is 0 Å². The molecule has 0 atom stereocenters. The van der Waals surface area contributed by atoms with Crippen LogP contribution < -0.4 is 0 Å². The molecule has 0 N–H and O–H groups in total. The molecule has 0 fully saturated rings. The van der Waals surface area contributed by atoms with Crippen LogP contribution in [0.2, 0.25) is 0 Å². The Morgan fingerprint density at radius 3 is 2.19 bits per heavy atom. The Morgan fingerprint density at radius 1 is 1.00 bits per heavy atom. The molecule has 0 amide bonds. The Bertz CT molecular complexity index is 332. The molecular formula is C15H22O. The van der Waals surface area contributed by atoms with Crippen molar-refractivity contribution in [2.24, 2.45) is 0 Å². The van der Waals surface area contributed by atoms with Gasteiger partial charge < -0.3 is 0 Å². The number of unbranched alkanes of at least 4 members (excludes halogenated alkanes) is 3. The fraction of sp³-hybridized carbons (Fsp3) is 0.533. The van der Waals surface area contributed by atoms with Crippen LogP contribution in [0.15, 0.2) is 18.2 Å². The summed E-state index contributed by atoms with van der Waals surface area (Å²) < 4.78 is 0.